The fourth-order valence-corrected chi connectivity index (χ4v) is 2.42. The van der Waals surface area contributed by atoms with E-state index in [0.29, 0.717) is 19.0 Å². The van der Waals surface area contributed by atoms with Crippen molar-refractivity contribution in [3.8, 4) is 0 Å². The second-order valence-electron chi connectivity index (χ2n) is 4.86. The van der Waals surface area contributed by atoms with Gasteiger partial charge in [-0.1, -0.05) is 18.5 Å². The number of aromatic nitrogens is 2. The Labute approximate surface area is 119 Å². The highest BCUT2D eigenvalue weighted by Crippen LogP contribution is 2.30. The van der Waals surface area contributed by atoms with E-state index in [0.717, 1.165) is 6.42 Å². The lowest BCUT2D eigenvalue weighted by Gasteiger charge is -2.37. The summed E-state index contributed by atoms with van der Waals surface area (Å²) in [5.41, 5.74) is 0. The predicted molar refractivity (Wildman–Crippen MR) is 68.8 cm³/mol. The number of rotatable bonds is 2. The molecule has 8 heteroatoms. The molecule has 4 nitrogen and oxygen atoms in total. The maximum absolute atomic E-state index is 12.7. The summed E-state index contributed by atoms with van der Waals surface area (Å²) in [6.07, 6.45) is -3.82. The molecule has 1 aromatic rings. The van der Waals surface area contributed by atoms with E-state index >= 15 is 0 Å². The molecule has 0 N–H and O–H groups in total. The summed E-state index contributed by atoms with van der Waals surface area (Å²) in [6.45, 7) is 3.16. The van der Waals surface area contributed by atoms with E-state index in [1.807, 2.05) is 0 Å². The van der Waals surface area contributed by atoms with Gasteiger partial charge in [0.05, 0.1) is 6.10 Å². The van der Waals surface area contributed by atoms with E-state index in [4.69, 9.17) is 16.3 Å². The third kappa shape index (κ3) is 3.32. The zero-order chi connectivity index (χ0) is 14.9. The Morgan fingerprint density at radius 1 is 1.40 bits per heavy atom. The van der Waals surface area contributed by atoms with Gasteiger partial charge >= 0.3 is 6.18 Å². The Bertz CT molecular complexity index is 484. The van der Waals surface area contributed by atoms with Crippen molar-refractivity contribution < 1.29 is 17.9 Å². The second kappa shape index (κ2) is 5.73. The van der Waals surface area contributed by atoms with Crippen LogP contribution in [0.4, 0.5) is 19.0 Å². The van der Waals surface area contributed by atoms with Crippen molar-refractivity contribution >= 4 is 17.4 Å². The van der Waals surface area contributed by atoms with Crippen LogP contribution < -0.4 is 4.90 Å². The zero-order valence-electron chi connectivity index (χ0n) is 11.1. The Morgan fingerprint density at radius 3 is 2.70 bits per heavy atom. The van der Waals surface area contributed by atoms with Crippen LogP contribution in [-0.4, -0.2) is 36.3 Å². The van der Waals surface area contributed by atoms with Crippen molar-refractivity contribution in [2.24, 2.45) is 5.92 Å². The number of piperidine rings is 1. The number of anilines is 1. The number of methoxy groups -OCH3 is 1. The Morgan fingerprint density at radius 2 is 2.10 bits per heavy atom. The fourth-order valence-electron chi connectivity index (χ4n) is 2.24. The molecule has 0 spiro atoms. The first-order valence-electron chi connectivity index (χ1n) is 6.20. The van der Waals surface area contributed by atoms with E-state index < -0.39 is 12.0 Å². The first-order valence-corrected chi connectivity index (χ1v) is 6.58. The van der Waals surface area contributed by atoms with Gasteiger partial charge in [-0.15, -0.1) is 0 Å². The van der Waals surface area contributed by atoms with Crippen molar-refractivity contribution in [2.45, 2.75) is 25.6 Å². The summed E-state index contributed by atoms with van der Waals surface area (Å²) >= 11 is 5.67. The Balaban J connectivity index is 2.27. The summed E-state index contributed by atoms with van der Waals surface area (Å²) in [7, 11) is 1.60. The van der Waals surface area contributed by atoms with Gasteiger partial charge < -0.3 is 9.64 Å². The molecular formula is C12H15ClF3N3O. The number of nitrogens with zero attached hydrogens (tertiary/aromatic N) is 3. The van der Waals surface area contributed by atoms with Crippen molar-refractivity contribution in [2.75, 3.05) is 25.1 Å². The standard InChI is InChI=1S/C12H15ClF3N3O/c1-7-3-4-19(6-8(7)20-2)10-5-9(13)17-11(18-10)12(14,15)16/h5,7-8H,3-4,6H2,1-2H3. The molecular weight excluding hydrogens is 295 g/mol. The molecule has 0 bridgehead atoms. The van der Waals surface area contributed by atoms with Crippen LogP contribution in [0, 0.1) is 5.92 Å². The summed E-state index contributed by atoms with van der Waals surface area (Å²) < 4.78 is 43.4. The lowest BCUT2D eigenvalue weighted by atomic mass is 9.96. The van der Waals surface area contributed by atoms with Gasteiger partial charge in [0.2, 0.25) is 5.82 Å². The van der Waals surface area contributed by atoms with Gasteiger partial charge in [-0.25, -0.2) is 9.97 Å². The first-order chi connectivity index (χ1) is 9.31. The highest BCUT2D eigenvalue weighted by atomic mass is 35.5. The minimum absolute atomic E-state index is 0.0353. The SMILES string of the molecule is COC1CN(c2cc(Cl)nc(C(F)(F)F)n2)CCC1C. The van der Waals surface area contributed by atoms with Gasteiger partial charge in [0.25, 0.3) is 0 Å². The zero-order valence-corrected chi connectivity index (χ0v) is 11.9. The van der Waals surface area contributed by atoms with Crippen LogP contribution in [0.2, 0.25) is 5.15 Å². The number of hydrogen-bond donors (Lipinski definition) is 0. The Kier molecular flexibility index (Phi) is 4.39. The molecule has 2 rings (SSSR count). The molecule has 1 aliphatic rings. The van der Waals surface area contributed by atoms with Gasteiger partial charge in [-0.2, -0.15) is 13.2 Å². The van der Waals surface area contributed by atoms with Crippen LogP contribution in [0.5, 0.6) is 0 Å². The third-order valence-electron chi connectivity index (χ3n) is 3.45. The summed E-state index contributed by atoms with van der Waals surface area (Å²) in [5, 5.41) is -0.213. The van der Waals surface area contributed by atoms with Gasteiger partial charge in [0.1, 0.15) is 11.0 Å². The highest BCUT2D eigenvalue weighted by Gasteiger charge is 2.36. The number of ether oxygens (including phenoxy) is 1. The topological polar surface area (TPSA) is 38.2 Å². The van der Waals surface area contributed by atoms with Crippen LogP contribution in [0.3, 0.4) is 0 Å². The molecule has 1 aliphatic heterocycles. The number of alkyl halides is 3. The molecule has 0 radical (unpaired) electrons. The highest BCUT2D eigenvalue weighted by molar-refractivity contribution is 6.29. The molecule has 20 heavy (non-hydrogen) atoms. The quantitative estimate of drug-likeness (QED) is 0.787. The normalized spacial score (nSPS) is 24.0. The molecule has 1 saturated heterocycles. The smallest absolute Gasteiger partial charge is 0.379 e. The van der Waals surface area contributed by atoms with Crippen molar-refractivity contribution in [3.63, 3.8) is 0 Å². The average Bonchev–Trinajstić information content (AvgIpc) is 2.37. The van der Waals surface area contributed by atoms with E-state index in [2.05, 4.69) is 16.9 Å². The molecule has 2 unspecified atom stereocenters. The van der Waals surface area contributed by atoms with Crippen LogP contribution in [0.15, 0.2) is 6.07 Å². The molecule has 0 aromatic carbocycles. The van der Waals surface area contributed by atoms with Gasteiger partial charge in [0, 0.05) is 26.3 Å². The average molecular weight is 310 g/mol. The largest absolute Gasteiger partial charge is 0.451 e. The maximum Gasteiger partial charge on any atom is 0.451 e. The second-order valence-corrected chi connectivity index (χ2v) is 5.24. The summed E-state index contributed by atoms with van der Waals surface area (Å²) in [4.78, 5) is 8.54. The molecule has 0 amide bonds. The van der Waals surface area contributed by atoms with E-state index in [1.165, 1.54) is 6.07 Å². The minimum Gasteiger partial charge on any atom is -0.379 e. The van der Waals surface area contributed by atoms with Crippen LogP contribution in [-0.2, 0) is 10.9 Å². The number of halogens is 4. The first kappa shape index (κ1) is 15.3. The maximum atomic E-state index is 12.7. The molecule has 0 saturated carbocycles. The van der Waals surface area contributed by atoms with Crippen molar-refractivity contribution in [3.05, 3.63) is 17.0 Å². The fraction of sp³-hybridized carbons (Fsp3) is 0.667. The molecule has 2 atom stereocenters. The lowest BCUT2D eigenvalue weighted by molar-refractivity contribution is -0.144. The lowest BCUT2D eigenvalue weighted by Crippen LogP contribution is -2.44. The van der Waals surface area contributed by atoms with Gasteiger partial charge in [-0.3, -0.25) is 0 Å². The van der Waals surface area contributed by atoms with Crippen LogP contribution >= 0.6 is 11.6 Å². The summed E-state index contributed by atoms with van der Waals surface area (Å²) in [6, 6.07) is 1.35. The van der Waals surface area contributed by atoms with Gasteiger partial charge in [0.15, 0.2) is 0 Å². The minimum atomic E-state index is -4.61. The van der Waals surface area contributed by atoms with E-state index in [1.54, 1.807) is 12.0 Å². The monoisotopic (exact) mass is 309 g/mol. The van der Waals surface area contributed by atoms with Crippen LogP contribution in [0.1, 0.15) is 19.2 Å². The van der Waals surface area contributed by atoms with Crippen LogP contribution in [0.25, 0.3) is 0 Å². The van der Waals surface area contributed by atoms with Gasteiger partial charge in [-0.05, 0) is 12.3 Å². The third-order valence-corrected chi connectivity index (χ3v) is 3.64. The molecule has 1 aromatic heterocycles. The number of hydrogen-bond acceptors (Lipinski definition) is 4. The Hall–Kier alpha value is -1.08. The molecule has 1 fully saturated rings. The summed E-state index contributed by atoms with van der Waals surface area (Å²) in [5.74, 6) is -0.672. The van der Waals surface area contributed by atoms with Crippen molar-refractivity contribution in [1.29, 1.82) is 0 Å². The molecule has 2 heterocycles. The van der Waals surface area contributed by atoms with Crippen molar-refractivity contribution in [1.82, 2.24) is 9.97 Å². The predicted octanol–water partition coefficient (Wildman–Crippen LogP) is 3.01. The van der Waals surface area contributed by atoms with E-state index in [9.17, 15) is 13.2 Å². The molecule has 0 aliphatic carbocycles. The van der Waals surface area contributed by atoms with E-state index in [-0.39, 0.29) is 17.1 Å². The molecule has 112 valence electrons.